The van der Waals surface area contributed by atoms with Crippen LogP contribution in [0.4, 0.5) is 0 Å². The van der Waals surface area contributed by atoms with Gasteiger partial charge in [-0.05, 0) is 37.0 Å². The Morgan fingerprint density at radius 3 is 2.62 bits per heavy atom. The van der Waals surface area contributed by atoms with Crippen LogP contribution < -0.4 is 10.6 Å². The van der Waals surface area contributed by atoms with Crippen molar-refractivity contribution in [3.05, 3.63) is 65.6 Å². The molecular formula is C23H26N4O2. The number of rotatable bonds is 6. The fourth-order valence-electron chi connectivity index (χ4n) is 3.96. The van der Waals surface area contributed by atoms with E-state index in [2.05, 4.69) is 26.7 Å². The fourth-order valence-corrected chi connectivity index (χ4v) is 3.96. The summed E-state index contributed by atoms with van der Waals surface area (Å²) in [6, 6.07) is 9.95. The van der Waals surface area contributed by atoms with Gasteiger partial charge in [0, 0.05) is 42.1 Å². The molecule has 0 spiro atoms. The van der Waals surface area contributed by atoms with Crippen LogP contribution in [0, 0.1) is 0 Å². The normalized spacial score (nSPS) is 14.6. The van der Waals surface area contributed by atoms with Gasteiger partial charge in [-0.3, -0.25) is 14.6 Å². The van der Waals surface area contributed by atoms with Crippen molar-refractivity contribution in [2.24, 2.45) is 0 Å². The van der Waals surface area contributed by atoms with E-state index in [0.29, 0.717) is 17.7 Å². The summed E-state index contributed by atoms with van der Waals surface area (Å²) in [6.45, 7) is 0.513. The van der Waals surface area contributed by atoms with Crippen molar-refractivity contribution in [3.63, 3.8) is 0 Å². The quantitative estimate of drug-likeness (QED) is 0.601. The Balaban J connectivity index is 1.33. The van der Waals surface area contributed by atoms with Crippen LogP contribution in [-0.4, -0.2) is 34.4 Å². The number of fused-ring (bicyclic) bond motifs is 1. The molecule has 4 rings (SSSR count). The van der Waals surface area contributed by atoms with E-state index in [-0.39, 0.29) is 17.9 Å². The molecule has 6 nitrogen and oxygen atoms in total. The van der Waals surface area contributed by atoms with Gasteiger partial charge in [0.25, 0.3) is 11.8 Å². The van der Waals surface area contributed by atoms with Crippen LogP contribution in [0.3, 0.4) is 0 Å². The second kappa shape index (κ2) is 8.90. The molecule has 150 valence electrons. The Bertz CT molecular complexity index is 1000. The molecule has 0 unspecified atom stereocenters. The summed E-state index contributed by atoms with van der Waals surface area (Å²) in [5.74, 6) is -0.373. The Kier molecular flexibility index (Phi) is 5.89. The van der Waals surface area contributed by atoms with Gasteiger partial charge in [0.05, 0.1) is 11.1 Å². The van der Waals surface area contributed by atoms with Gasteiger partial charge in [0.2, 0.25) is 0 Å². The lowest BCUT2D eigenvalue weighted by Crippen LogP contribution is -2.36. The van der Waals surface area contributed by atoms with Crippen LogP contribution in [0.2, 0.25) is 0 Å². The van der Waals surface area contributed by atoms with Gasteiger partial charge in [0.1, 0.15) is 0 Å². The summed E-state index contributed by atoms with van der Waals surface area (Å²) in [6.07, 6.45) is 11.3. The SMILES string of the molecule is O=C(NCCc1c[nH]c2ccccc12)c1cncc(C(=O)NC2CCCCC2)c1. The van der Waals surface area contributed by atoms with E-state index in [4.69, 9.17) is 0 Å². The number of nitrogens with zero attached hydrogens (tertiary/aromatic N) is 1. The highest BCUT2D eigenvalue weighted by atomic mass is 16.2. The fraction of sp³-hybridized carbons (Fsp3) is 0.348. The summed E-state index contributed by atoms with van der Waals surface area (Å²) in [7, 11) is 0. The maximum absolute atomic E-state index is 12.5. The smallest absolute Gasteiger partial charge is 0.253 e. The summed E-state index contributed by atoms with van der Waals surface area (Å²) in [5, 5.41) is 7.16. The summed E-state index contributed by atoms with van der Waals surface area (Å²) < 4.78 is 0. The maximum Gasteiger partial charge on any atom is 0.253 e. The van der Waals surface area contributed by atoms with Gasteiger partial charge in [-0.2, -0.15) is 0 Å². The molecule has 1 fully saturated rings. The summed E-state index contributed by atoms with van der Waals surface area (Å²) in [5.41, 5.74) is 3.09. The third-order valence-corrected chi connectivity index (χ3v) is 5.56. The standard InChI is InChI=1S/C23H26N4O2/c28-22(25-11-10-16-15-26-21-9-5-4-8-20(16)21)17-12-18(14-24-13-17)23(29)27-19-6-2-1-3-7-19/h4-5,8-9,12-15,19,26H,1-3,6-7,10-11H2,(H,25,28)(H,27,29). The molecule has 3 aromatic rings. The maximum atomic E-state index is 12.5. The molecule has 1 aliphatic rings. The van der Waals surface area contributed by atoms with Crippen molar-refractivity contribution in [2.45, 2.75) is 44.6 Å². The number of pyridine rings is 1. The van der Waals surface area contributed by atoms with Crippen molar-refractivity contribution >= 4 is 22.7 Å². The Morgan fingerprint density at radius 2 is 1.79 bits per heavy atom. The van der Waals surface area contributed by atoms with Crippen molar-refractivity contribution < 1.29 is 9.59 Å². The van der Waals surface area contributed by atoms with Crippen LogP contribution in [0.25, 0.3) is 10.9 Å². The molecule has 0 radical (unpaired) electrons. The average Bonchev–Trinajstić information content (AvgIpc) is 3.18. The zero-order valence-electron chi connectivity index (χ0n) is 16.4. The number of para-hydroxylation sites is 1. The average molecular weight is 390 g/mol. The van der Waals surface area contributed by atoms with E-state index in [1.165, 1.54) is 29.8 Å². The first-order valence-electron chi connectivity index (χ1n) is 10.3. The molecule has 1 aromatic carbocycles. The number of aromatic nitrogens is 2. The number of hydrogen-bond donors (Lipinski definition) is 3. The van der Waals surface area contributed by atoms with E-state index in [1.54, 1.807) is 6.07 Å². The first kappa shape index (κ1) is 19.2. The van der Waals surface area contributed by atoms with Crippen LogP contribution in [0.15, 0.2) is 48.9 Å². The zero-order chi connectivity index (χ0) is 20.1. The first-order chi connectivity index (χ1) is 14.2. The van der Waals surface area contributed by atoms with Gasteiger partial charge >= 0.3 is 0 Å². The van der Waals surface area contributed by atoms with Crippen LogP contribution in [0.1, 0.15) is 58.4 Å². The minimum absolute atomic E-state index is 0.155. The third-order valence-electron chi connectivity index (χ3n) is 5.56. The molecule has 0 saturated heterocycles. The van der Waals surface area contributed by atoms with Crippen molar-refractivity contribution in [2.75, 3.05) is 6.54 Å². The van der Waals surface area contributed by atoms with E-state index in [0.717, 1.165) is 37.6 Å². The van der Waals surface area contributed by atoms with E-state index in [1.807, 2.05) is 24.4 Å². The highest BCUT2D eigenvalue weighted by Crippen LogP contribution is 2.19. The second-order valence-electron chi connectivity index (χ2n) is 7.64. The van der Waals surface area contributed by atoms with E-state index in [9.17, 15) is 9.59 Å². The molecule has 1 saturated carbocycles. The third kappa shape index (κ3) is 4.65. The molecule has 2 aromatic heterocycles. The number of carbonyl (C=O) groups excluding carboxylic acids is 2. The molecule has 6 heteroatoms. The Hall–Kier alpha value is -3.15. The summed E-state index contributed by atoms with van der Waals surface area (Å²) in [4.78, 5) is 32.3. The van der Waals surface area contributed by atoms with Gasteiger partial charge in [-0.15, -0.1) is 0 Å². The van der Waals surface area contributed by atoms with Gasteiger partial charge in [-0.25, -0.2) is 0 Å². The molecule has 2 heterocycles. The molecule has 1 aliphatic carbocycles. The molecule has 0 aliphatic heterocycles. The van der Waals surface area contributed by atoms with Crippen LogP contribution >= 0.6 is 0 Å². The van der Waals surface area contributed by atoms with Gasteiger partial charge < -0.3 is 15.6 Å². The molecule has 0 bridgehead atoms. The topological polar surface area (TPSA) is 86.9 Å². The van der Waals surface area contributed by atoms with Crippen molar-refractivity contribution in [3.8, 4) is 0 Å². The molecule has 0 atom stereocenters. The summed E-state index contributed by atoms with van der Waals surface area (Å²) >= 11 is 0. The molecule has 3 N–H and O–H groups in total. The number of H-pyrrole nitrogens is 1. The van der Waals surface area contributed by atoms with Gasteiger partial charge in [0.15, 0.2) is 0 Å². The first-order valence-corrected chi connectivity index (χ1v) is 10.3. The lowest BCUT2D eigenvalue weighted by Gasteiger charge is -2.22. The monoisotopic (exact) mass is 390 g/mol. The zero-order valence-corrected chi connectivity index (χ0v) is 16.4. The number of amides is 2. The number of hydrogen-bond acceptors (Lipinski definition) is 3. The van der Waals surface area contributed by atoms with Crippen LogP contribution in [0.5, 0.6) is 0 Å². The lowest BCUT2D eigenvalue weighted by atomic mass is 9.95. The Labute approximate surface area is 170 Å². The molecule has 2 amide bonds. The lowest BCUT2D eigenvalue weighted by molar-refractivity contribution is 0.0927. The predicted molar refractivity (Wildman–Crippen MR) is 113 cm³/mol. The highest BCUT2D eigenvalue weighted by molar-refractivity contribution is 5.99. The minimum Gasteiger partial charge on any atom is -0.361 e. The van der Waals surface area contributed by atoms with Crippen LogP contribution in [-0.2, 0) is 6.42 Å². The second-order valence-corrected chi connectivity index (χ2v) is 7.64. The number of benzene rings is 1. The number of aromatic amines is 1. The minimum atomic E-state index is -0.218. The largest absolute Gasteiger partial charge is 0.361 e. The highest BCUT2D eigenvalue weighted by Gasteiger charge is 2.18. The molecule has 29 heavy (non-hydrogen) atoms. The number of carbonyl (C=O) groups is 2. The molecular weight excluding hydrogens is 364 g/mol. The predicted octanol–water partition coefficient (Wildman–Crippen LogP) is 3.60. The van der Waals surface area contributed by atoms with Crippen molar-refractivity contribution in [1.29, 1.82) is 0 Å². The van der Waals surface area contributed by atoms with E-state index >= 15 is 0 Å². The van der Waals surface area contributed by atoms with Gasteiger partial charge in [-0.1, -0.05) is 37.5 Å². The van der Waals surface area contributed by atoms with Crippen molar-refractivity contribution in [1.82, 2.24) is 20.6 Å². The number of nitrogens with one attached hydrogen (secondary N) is 3. The Morgan fingerprint density at radius 1 is 1.03 bits per heavy atom. The van der Waals surface area contributed by atoms with E-state index < -0.39 is 0 Å².